The maximum absolute atomic E-state index is 12.3. The molecule has 1 aliphatic carbocycles. The van der Waals surface area contributed by atoms with Crippen LogP contribution in [0.25, 0.3) is 0 Å². The zero-order valence-corrected chi connectivity index (χ0v) is 12.2. The molecule has 0 aromatic rings. The molecule has 1 heterocycles. The Labute approximate surface area is 116 Å². The SMILES string of the molecule is C[C@H]1OCCN[C@@H]1C(=O)N(C)CC1CCCC1.Cl. The number of hydrogen-bond donors (Lipinski definition) is 1. The lowest BCUT2D eigenvalue weighted by Gasteiger charge is -2.33. The first-order valence-corrected chi connectivity index (χ1v) is 6.78. The third-order valence-electron chi connectivity index (χ3n) is 3.97. The van der Waals surface area contributed by atoms with Crippen molar-refractivity contribution in [1.82, 2.24) is 10.2 Å². The van der Waals surface area contributed by atoms with Crippen molar-refractivity contribution in [3.63, 3.8) is 0 Å². The first kappa shape index (κ1) is 15.7. The number of morpholine rings is 1. The van der Waals surface area contributed by atoms with E-state index in [-0.39, 0.29) is 30.5 Å². The standard InChI is InChI=1S/C13H24N2O2.ClH/c1-10-12(14-7-8-17-10)13(16)15(2)9-11-5-3-4-6-11;/h10-12,14H,3-9H2,1-2H3;1H/t10-,12+;/m1./s1. The van der Waals surface area contributed by atoms with Gasteiger partial charge in [0, 0.05) is 20.1 Å². The fourth-order valence-electron chi connectivity index (χ4n) is 2.92. The number of ether oxygens (including phenoxy) is 1. The van der Waals surface area contributed by atoms with Crippen LogP contribution in [-0.4, -0.2) is 49.7 Å². The zero-order chi connectivity index (χ0) is 12.3. The molecule has 2 rings (SSSR count). The molecular weight excluding hydrogens is 252 g/mol. The molecule has 0 aromatic heterocycles. The van der Waals surface area contributed by atoms with Crippen molar-refractivity contribution >= 4 is 18.3 Å². The second-order valence-electron chi connectivity index (χ2n) is 5.38. The second kappa shape index (κ2) is 7.31. The van der Waals surface area contributed by atoms with E-state index in [2.05, 4.69) is 5.32 Å². The Kier molecular flexibility index (Phi) is 6.39. The van der Waals surface area contributed by atoms with Gasteiger partial charge in [-0.15, -0.1) is 12.4 Å². The Morgan fingerprint density at radius 3 is 2.67 bits per heavy atom. The van der Waals surface area contributed by atoms with Crippen molar-refractivity contribution in [2.45, 2.75) is 44.8 Å². The monoisotopic (exact) mass is 276 g/mol. The van der Waals surface area contributed by atoms with E-state index in [1.54, 1.807) is 0 Å². The van der Waals surface area contributed by atoms with Crippen molar-refractivity contribution in [3.05, 3.63) is 0 Å². The highest BCUT2D eigenvalue weighted by atomic mass is 35.5. The maximum Gasteiger partial charge on any atom is 0.242 e. The lowest BCUT2D eigenvalue weighted by Crippen LogP contribution is -2.56. The normalized spacial score (nSPS) is 28.8. The number of rotatable bonds is 3. The molecule has 2 atom stereocenters. The van der Waals surface area contributed by atoms with Gasteiger partial charge in [0.1, 0.15) is 6.04 Å². The van der Waals surface area contributed by atoms with E-state index in [0.29, 0.717) is 12.5 Å². The van der Waals surface area contributed by atoms with Gasteiger partial charge in [-0.2, -0.15) is 0 Å². The molecule has 0 bridgehead atoms. The van der Waals surface area contributed by atoms with Crippen LogP contribution in [0.3, 0.4) is 0 Å². The number of nitrogens with one attached hydrogen (secondary N) is 1. The fraction of sp³-hybridized carbons (Fsp3) is 0.923. The molecule has 4 nitrogen and oxygen atoms in total. The maximum atomic E-state index is 12.3. The van der Waals surface area contributed by atoms with Gasteiger partial charge in [-0.05, 0) is 25.7 Å². The van der Waals surface area contributed by atoms with Crippen LogP contribution in [0, 0.1) is 5.92 Å². The van der Waals surface area contributed by atoms with Crippen LogP contribution in [0.5, 0.6) is 0 Å². The molecule has 5 heteroatoms. The number of hydrogen-bond acceptors (Lipinski definition) is 3. The second-order valence-corrected chi connectivity index (χ2v) is 5.38. The summed E-state index contributed by atoms with van der Waals surface area (Å²) >= 11 is 0. The van der Waals surface area contributed by atoms with Crippen molar-refractivity contribution in [1.29, 1.82) is 0 Å². The van der Waals surface area contributed by atoms with E-state index in [9.17, 15) is 4.79 Å². The Morgan fingerprint density at radius 2 is 2.06 bits per heavy atom. The molecule has 1 N–H and O–H groups in total. The molecule has 1 aliphatic heterocycles. The van der Waals surface area contributed by atoms with Gasteiger partial charge in [0.15, 0.2) is 0 Å². The predicted octanol–water partition coefficient (Wildman–Crippen LogP) is 1.43. The quantitative estimate of drug-likeness (QED) is 0.848. The first-order valence-electron chi connectivity index (χ1n) is 6.78. The number of nitrogens with zero attached hydrogens (tertiary/aromatic N) is 1. The molecule has 2 aliphatic rings. The van der Waals surface area contributed by atoms with Crippen LogP contribution in [0.4, 0.5) is 0 Å². The Bertz CT molecular complexity index is 270. The third kappa shape index (κ3) is 3.84. The summed E-state index contributed by atoms with van der Waals surface area (Å²) in [7, 11) is 1.92. The highest BCUT2D eigenvalue weighted by Crippen LogP contribution is 2.25. The van der Waals surface area contributed by atoms with Gasteiger partial charge < -0.3 is 15.0 Å². The summed E-state index contributed by atoms with van der Waals surface area (Å²) in [5.74, 6) is 0.896. The van der Waals surface area contributed by atoms with E-state index >= 15 is 0 Å². The summed E-state index contributed by atoms with van der Waals surface area (Å²) in [6.07, 6.45) is 5.20. The van der Waals surface area contributed by atoms with Crippen LogP contribution in [0.1, 0.15) is 32.6 Å². The van der Waals surface area contributed by atoms with E-state index in [4.69, 9.17) is 4.74 Å². The minimum Gasteiger partial charge on any atom is -0.375 e. The van der Waals surface area contributed by atoms with Gasteiger partial charge in [0.05, 0.1) is 12.7 Å². The largest absolute Gasteiger partial charge is 0.375 e. The predicted molar refractivity (Wildman–Crippen MR) is 74.0 cm³/mol. The molecular formula is C13H25ClN2O2. The number of halogens is 1. The van der Waals surface area contributed by atoms with Crippen molar-refractivity contribution < 1.29 is 9.53 Å². The lowest BCUT2D eigenvalue weighted by atomic mass is 10.1. The average molecular weight is 277 g/mol. The number of carbonyl (C=O) groups is 1. The average Bonchev–Trinajstić information content (AvgIpc) is 2.81. The van der Waals surface area contributed by atoms with Crippen LogP contribution in [0.2, 0.25) is 0 Å². The number of carbonyl (C=O) groups excluding carboxylic acids is 1. The minimum absolute atomic E-state index is 0. The van der Waals surface area contributed by atoms with Crippen molar-refractivity contribution in [3.8, 4) is 0 Å². The molecule has 2 fully saturated rings. The molecule has 0 spiro atoms. The van der Waals surface area contributed by atoms with E-state index in [1.165, 1.54) is 25.7 Å². The molecule has 106 valence electrons. The Hall–Kier alpha value is -0.320. The summed E-state index contributed by atoms with van der Waals surface area (Å²) in [4.78, 5) is 14.2. The van der Waals surface area contributed by atoms with Crippen molar-refractivity contribution in [2.24, 2.45) is 5.92 Å². The lowest BCUT2D eigenvalue weighted by molar-refractivity contribution is -0.138. The van der Waals surface area contributed by atoms with Gasteiger partial charge in [-0.1, -0.05) is 12.8 Å². The summed E-state index contributed by atoms with van der Waals surface area (Å²) < 4.78 is 5.52. The third-order valence-corrected chi connectivity index (χ3v) is 3.97. The summed E-state index contributed by atoms with van der Waals surface area (Å²) in [5, 5.41) is 3.26. The molecule has 18 heavy (non-hydrogen) atoms. The highest BCUT2D eigenvalue weighted by Gasteiger charge is 2.31. The summed E-state index contributed by atoms with van der Waals surface area (Å²) in [6.45, 7) is 4.36. The van der Waals surface area contributed by atoms with Gasteiger partial charge in [-0.3, -0.25) is 4.79 Å². The minimum atomic E-state index is -0.157. The van der Waals surface area contributed by atoms with Gasteiger partial charge in [0.2, 0.25) is 5.91 Å². The smallest absolute Gasteiger partial charge is 0.242 e. The van der Waals surface area contributed by atoms with E-state index in [1.807, 2.05) is 18.9 Å². The Balaban J connectivity index is 0.00000162. The number of likely N-dealkylation sites (N-methyl/N-ethyl adjacent to an activating group) is 1. The molecule has 0 aromatic carbocycles. The highest BCUT2D eigenvalue weighted by molar-refractivity contribution is 5.85. The van der Waals surface area contributed by atoms with Gasteiger partial charge in [-0.25, -0.2) is 0 Å². The van der Waals surface area contributed by atoms with E-state index in [0.717, 1.165) is 13.1 Å². The Morgan fingerprint density at radius 1 is 1.39 bits per heavy atom. The zero-order valence-electron chi connectivity index (χ0n) is 11.4. The molecule has 1 saturated heterocycles. The number of amides is 1. The molecule has 1 saturated carbocycles. The first-order chi connectivity index (χ1) is 8.18. The summed E-state index contributed by atoms with van der Waals surface area (Å²) in [5.41, 5.74) is 0. The van der Waals surface area contributed by atoms with Crippen molar-refractivity contribution in [2.75, 3.05) is 26.7 Å². The van der Waals surface area contributed by atoms with Crippen LogP contribution < -0.4 is 5.32 Å². The van der Waals surface area contributed by atoms with Crippen LogP contribution in [-0.2, 0) is 9.53 Å². The fourth-order valence-corrected chi connectivity index (χ4v) is 2.92. The van der Waals surface area contributed by atoms with Crippen LogP contribution in [0.15, 0.2) is 0 Å². The van der Waals surface area contributed by atoms with E-state index < -0.39 is 0 Å². The van der Waals surface area contributed by atoms with Gasteiger partial charge in [0.25, 0.3) is 0 Å². The molecule has 0 unspecified atom stereocenters. The van der Waals surface area contributed by atoms with Gasteiger partial charge >= 0.3 is 0 Å². The topological polar surface area (TPSA) is 41.6 Å². The summed E-state index contributed by atoms with van der Waals surface area (Å²) in [6, 6.07) is -0.157. The molecule has 0 radical (unpaired) electrons. The van der Waals surface area contributed by atoms with Crippen LogP contribution >= 0.6 is 12.4 Å². The molecule has 1 amide bonds.